The van der Waals surface area contributed by atoms with Crippen LogP contribution in [-0.2, 0) is 21.2 Å². The van der Waals surface area contributed by atoms with Crippen LogP contribution < -0.4 is 4.31 Å². The highest BCUT2D eigenvalue weighted by molar-refractivity contribution is 7.92. The molecule has 0 aliphatic carbocycles. The van der Waals surface area contributed by atoms with Crippen molar-refractivity contribution in [1.82, 2.24) is 9.80 Å². The topological polar surface area (TPSA) is 60.9 Å². The molecule has 0 unspecified atom stereocenters. The Morgan fingerprint density at radius 1 is 1.09 bits per heavy atom. The standard InChI is InChI=1S/C27H38ClN3O3S/c1-20-19-26(21(2)18-24(20)28)35(33,34)31(5)25-9-7-6-8-23(25)10-11-27(32)30(4)17-14-22-12-15-29(3)16-13-22/h6-9,18-19,22H,10-17H2,1-5H3. The highest BCUT2D eigenvalue weighted by Crippen LogP contribution is 2.30. The van der Waals surface area contributed by atoms with Crippen molar-refractivity contribution in [2.45, 2.75) is 50.8 Å². The second kappa shape index (κ2) is 11.8. The minimum Gasteiger partial charge on any atom is -0.346 e. The van der Waals surface area contributed by atoms with Gasteiger partial charge in [-0.1, -0.05) is 29.8 Å². The van der Waals surface area contributed by atoms with Crippen LogP contribution in [0.1, 0.15) is 42.4 Å². The van der Waals surface area contributed by atoms with Gasteiger partial charge >= 0.3 is 0 Å². The molecular weight excluding hydrogens is 482 g/mol. The average Bonchev–Trinajstić information content (AvgIpc) is 2.83. The van der Waals surface area contributed by atoms with E-state index in [1.54, 1.807) is 39.1 Å². The second-order valence-corrected chi connectivity index (χ2v) is 12.2. The van der Waals surface area contributed by atoms with E-state index in [0.717, 1.165) is 31.6 Å². The summed E-state index contributed by atoms with van der Waals surface area (Å²) in [6.45, 7) is 6.56. The third kappa shape index (κ3) is 6.78. The summed E-state index contributed by atoms with van der Waals surface area (Å²) >= 11 is 6.18. The van der Waals surface area contributed by atoms with Crippen LogP contribution in [0.4, 0.5) is 5.69 Å². The van der Waals surface area contributed by atoms with Crippen LogP contribution in [0.25, 0.3) is 0 Å². The van der Waals surface area contributed by atoms with Crippen molar-refractivity contribution in [3.05, 3.63) is 58.1 Å². The lowest BCUT2D eigenvalue weighted by molar-refractivity contribution is -0.130. The van der Waals surface area contributed by atoms with Crippen molar-refractivity contribution in [3.63, 3.8) is 0 Å². The molecule has 0 radical (unpaired) electrons. The molecule has 0 bridgehead atoms. The van der Waals surface area contributed by atoms with Crippen molar-refractivity contribution in [2.75, 3.05) is 45.1 Å². The molecule has 8 heteroatoms. The predicted octanol–water partition coefficient (Wildman–Crippen LogP) is 4.90. The fourth-order valence-corrected chi connectivity index (χ4v) is 6.36. The monoisotopic (exact) mass is 519 g/mol. The number of carbonyl (C=O) groups excluding carboxylic acids is 1. The van der Waals surface area contributed by atoms with Crippen molar-refractivity contribution in [1.29, 1.82) is 0 Å². The van der Waals surface area contributed by atoms with E-state index in [1.165, 1.54) is 17.1 Å². The smallest absolute Gasteiger partial charge is 0.264 e. The van der Waals surface area contributed by atoms with Crippen LogP contribution in [0, 0.1) is 19.8 Å². The van der Waals surface area contributed by atoms with E-state index < -0.39 is 10.0 Å². The zero-order valence-electron chi connectivity index (χ0n) is 21.6. The van der Waals surface area contributed by atoms with Gasteiger partial charge in [0.15, 0.2) is 0 Å². The van der Waals surface area contributed by atoms with E-state index in [1.807, 2.05) is 30.1 Å². The molecule has 1 amide bonds. The molecule has 0 saturated carbocycles. The van der Waals surface area contributed by atoms with E-state index in [-0.39, 0.29) is 10.8 Å². The maximum absolute atomic E-state index is 13.5. The van der Waals surface area contributed by atoms with Crippen LogP contribution in [-0.4, -0.2) is 64.9 Å². The number of hydrogen-bond acceptors (Lipinski definition) is 4. The highest BCUT2D eigenvalue weighted by Gasteiger charge is 2.26. The molecule has 3 rings (SSSR count). The van der Waals surface area contributed by atoms with Gasteiger partial charge in [0.1, 0.15) is 0 Å². The highest BCUT2D eigenvalue weighted by atomic mass is 35.5. The Kier molecular flexibility index (Phi) is 9.24. The SMILES string of the molecule is Cc1cc(S(=O)(=O)N(C)c2ccccc2CCC(=O)N(C)CCC2CCN(C)CC2)c(C)cc1Cl. The summed E-state index contributed by atoms with van der Waals surface area (Å²) in [6.07, 6.45) is 4.24. The Bertz CT molecular complexity index is 1140. The first-order valence-corrected chi connectivity index (χ1v) is 14.1. The summed E-state index contributed by atoms with van der Waals surface area (Å²) in [5, 5.41) is 0.544. The molecule has 1 heterocycles. The van der Waals surface area contributed by atoms with Crippen molar-refractivity contribution < 1.29 is 13.2 Å². The Labute approximate surface area is 215 Å². The lowest BCUT2D eigenvalue weighted by Gasteiger charge is -2.30. The lowest BCUT2D eigenvalue weighted by atomic mass is 9.93. The molecule has 6 nitrogen and oxygen atoms in total. The number of piperidine rings is 1. The largest absolute Gasteiger partial charge is 0.346 e. The minimum atomic E-state index is -3.79. The van der Waals surface area contributed by atoms with Gasteiger partial charge in [0, 0.05) is 32.1 Å². The van der Waals surface area contributed by atoms with E-state index in [4.69, 9.17) is 11.6 Å². The van der Waals surface area contributed by atoms with E-state index in [2.05, 4.69) is 11.9 Å². The molecule has 2 aromatic carbocycles. The van der Waals surface area contributed by atoms with Crippen LogP contribution in [0.5, 0.6) is 0 Å². The second-order valence-electron chi connectivity index (χ2n) is 9.82. The summed E-state index contributed by atoms with van der Waals surface area (Å²) in [4.78, 5) is 17.2. The predicted molar refractivity (Wildman–Crippen MR) is 144 cm³/mol. The number of nitrogens with zero attached hydrogens (tertiary/aromatic N) is 3. The summed E-state index contributed by atoms with van der Waals surface area (Å²) in [5.74, 6) is 0.767. The molecule has 1 aliphatic rings. The molecule has 192 valence electrons. The Morgan fingerprint density at radius 2 is 1.74 bits per heavy atom. The number of aryl methyl sites for hydroxylation is 3. The summed E-state index contributed by atoms with van der Waals surface area (Å²) in [6, 6.07) is 10.7. The zero-order chi connectivity index (χ0) is 25.8. The number of halogens is 1. The van der Waals surface area contributed by atoms with Gasteiger partial charge in [-0.05, 0) is 100 Å². The van der Waals surface area contributed by atoms with E-state index in [0.29, 0.717) is 40.6 Å². The lowest BCUT2D eigenvalue weighted by Crippen LogP contribution is -2.33. The fourth-order valence-electron chi connectivity index (χ4n) is 4.62. The third-order valence-corrected chi connectivity index (χ3v) is 9.49. The van der Waals surface area contributed by atoms with Gasteiger partial charge < -0.3 is 9.80 Å². The van der Waals surface area contributed by atoms with Gasteiger partial charge in [0.05, 0.1) is 10.6 Å². The molecule has 0 atom stereocenters. The van der Waals surface area contributed by atoms with E-state index >= 15 is 0 Å². The molecular formula is C27H38ClN3O3S. The number of anilines is 1. The first-order chi connectivity index (χ1) is 16.5. The molecule has 0 spiro atoms. The Morgan fingerprint density at radius 3 is 2.43 bits per heavy atom. The molecule has 1 saturated heterocycles. The molecule has 2 aromatic rings. The van der Waals surface area contributed by atoms with Crippen LogP contribution >= 0.6 is 11.6 Å². The first kappa shape index (κ1) is 27.5. The third-order valence-electron chi connectivity index (χ3n) is 7.17. The molecule has 1 aliphatic heterocycles. The van der Waals surface area contributed by atoms with Gasteiger partial charge in [-0.2, -0.15) is 0 Å². The summed E-state index contributed by atoms with van der Waals surface area (Å²) in [5.41, 5.74) is 2.73. The van der Waals surface area contributed by atoms with Gasteiger partial charge in [-0.15, -0.1) is 0 Å². The number of likely N-dealkylation sites (tertiary alicyclic amines) is 1. The number of carbonyl (C=O) groups is 1. The Hall–Kier alpha value is -2.09. The molecule has 1 fully saturated rings. The summed E-state index contributed by atoms with van der Waals surface area (Å²) < 4.78 is 28.3. The van der Waals surface area contributed by atoms with Gasteiger partial charge in [-0.3, -0.25) is 9.10 Å². The molecule has 0 aromatic heterocycles. The maximum Gasteiger partial charge on any atom is 0.264 e. The van der Waals surface area contributed by atoms with E-state index in [9.17, 15) is 13.2 Å². The number of benzene rings is 2. The first-order valence-electron chi connectivity index (χ1n) is 12.3. The van der Waals surface area contributed by atoms with Crippen molar-refractivity contribution in [2.24, 2.45) is 5.92 Å². The quantitative estimate of drug-likeness (QED) is 0.472. The molecule has 35 heavy (non-hydrogen) atoms. The minimum absolute atomic E-state index is 0.0856. The van der Waals surface area contributed by atoms with Crippen LogP contribution in [0.3, 0.4) is 0 Å². The van der Waals surface area contributed by atoms with Crippen LogP contribution in [0.2, 0.25) is 5.02 Å². The van der Waals surface area contributed by atoms with Gasteiger partial charge in [-0.25, -0.2) is 8.42 Å². The zero-order valence-corrected chi connectivity index (χ0v) is 23.1. The number of amides is 1. The molecule has 0 N–H and O–H groups in total. The number of para-hydroxylation sites is 1. The summed E-state index contributed by atoms with van der Waals surface area (Å²) in [7, 11) is 1.80. The number of sulfonamides is 1. The van der Waals surface area contributed by atoms with Gasteiger partial charge in [0.2, 0.25) is 5.91 Å². The van der Waals surface area contributed by atoms with Crippen molar-refractivity contribution >= 4 is 33.2 Å². The van der Waals surface area contributed by atoms with Crippen LogP contribution in [0.15, 0.2) is 41.3 Å². The normalized spacial score (nSPS) is 15.3. The fraction of sp³-hybridized carbons (Fsp3) is 0.519. The number of hydrogen-bond donors (Lipinski definition) is 0. The maximum atomic E-state index is 13.5. The van der Waals surface area contributed by atoms with Gasteiger partial charge in [0.25, 0.3) is 10.0 Å². The van der Waals surface area contributed by atoms with Crippen molar-refractivity contribution in [3.8, 4) is 0 Å². The average molecular weight is 520 g/mol. The number of rotatable bonds is 9. The Balaban J connectivity index is 1.66.